The van der Waals surface area contributed by atoms with Gasteiger partial charge in [-0.25, -0.2) is 0 Å². The van der Waals surface area contributed by atoms with Crippen molar-refractivity contribution in [3.8, 4) is 0 Å². The Bertz CT molecular complexity index is 557. The summed E-state index contributed by atoms with van der Waals surface area (Å²) in [6.45, 7) is -1.76. The van der Waals surface area contributed by atoms with Crippen molar-refractivity contribution in [3.05, 3.63) is 42.1 Å². The van der Waals surface area contributed by atoms with Crippen LogP contribution in [0.5, 0.6) is 0 Å². The number of ether oxygens (including phenoxy) is 1. The van der Waals surface area contributed by atoms with E-state index in [2.05, 4.69) is 9.72 Å². The van der Waals surface area contributed by atoms with Gasteiger partial charge in [0, 0.05) is 11.6 Å². The highest BCUT2D eigenvalue weighted by Gasteiger charge is 2.27. The van der Waals surface area contributed by atoms with Crippen molar-refractivity contribution >= 4 is 10.9 Å². The average Bonchev–Trinajstić information content (AvgIpc) is 2.36. The van der Waals surface area contributed by atoms with Gasteiger partial charge in [-0.1, -0.05) is 12.1 Å². The molecule has 1 aromatic carbocycles. The number of pyridine rings is 1. The van der Waals surface area contributed by atoms with Crippen LogP contribution in [0.25, 0.3) is 10.9 Å². The Kier molecular flexibility index (Phi) is 4.01. The van der Waals surface area contributed by atoms with Crippen molar-refractivity contribution in [2.45, 2.75) is 12.3 Å². The van der Waals surface area contributed by atoms with E-state index in [9.17, 15) is 18.3 Å². The lowest BCUT2D eigenvalue weighted by Crippen LogP contribution is -2.19. The summed E-state index contributed by atoms with van der Waals surface area (Å²) in [6, 6.07) is 8.58. The van der Waals surface area contributed by atoms with E-state index in [-0.39, 0.29) is 0 Å². The Morgan fingerprint density at radius 2 is 2.05 bits per heavy atom. The second kappa shape index (κ2) is 5.54. The largest absolute Gasteiger partial charge is 0.411 e. The van der Waals surface area contributed by atoms with Crippen molar-refractivity contribution < 1.29 is 23.0 Å². The molecular formula is C13H12F3NO2. The molecule has 1 unspecified atom stereocenters. The van der Waals surface area contributed by atoms with Crippen molar-refractivity contribution in [3.63, 3.8) is 0 Å². The lowest BCUT2D eigenvalue weighted by Gasteiger charge is -2.13. The van der Waals surface area contributed by atoms with Crippen LogP contribution in [0.4, 0.5) is 13.2 Å². The number of fused-ring (bicyclic) bond motifs is 1. The quantitative estimate of drug-likeness (QED) is 0.929. The Morgan fingerprint density at radius 3 is 2.79 bits per heavy atom. The molecule has 0 spiro atoms. The van der Waals surface area contributed by atoms with Gasteiger partial charge in [0.25, 0.3) is 0 Å². The van der Waals surface area contributed by atoms with E-state index in [0.29, 0.717) is 5.56 Å². The number of aromatic nitrogens is 1. The van der Waals surface area contributed by atoms with Gasteiger partial charge in [0.05, 0.1) is 12.1 Å². The van der Waals surface area contributed by atoms with Crippen molar-refractivity contribution in [2.75, 3.05) is 13.2 Å². The van der Waals surface area contributed by atoms with Gasteiger partial charge in [0.1, 0.15) is 12.7 Å². The third-order valence-corrected chi connectivity index (χ3v) is 2.55. The molecule has 2 aromatic rings. The molecule has 0 aliphatic heterocycles. The zero-order chi connectivity index (χ0) is 13.9. The standard InChI is InChI=1S/C13H12F3NO2/c14-13(15,16)8-19-7-12(18)10-3-4-11-9(6-10)2-1-5-17-11/h1-6,12,18H,7-8H2. The van der Waals surface area contributed by atoms with E-state index in [0.717, 1.165) is 10.9 Å². The molecule has 1 atom stereocenters. The number of benzene rings is 1. The zero-order valence-corrected chi connectivity index (χ0v) is 9.89. The number of hydrogen-bond donors (Lipinski definition) is 1. The molecular weight excluding hydrogens is 259 g/mol. The van der Waals surface area contributed by atoms with Gasteiger partial charge < -0.3 is 9.84 Å². The highest BCUT2D eigenvalue weighted by molar-refractivity contribution is 5.78. The van der Waals surface area contributed by atoms with E-state index in [1.807, 2.05) is 6.07 Å². The second-order valence-electron chi connectivity index (χ2n) is 4.10. The number of hydrogen-bond acceptors (Lipinski definition) is 3. The number of alkyl halides is 3. The van der Waals surface area contributed by atoms with Gasteiger partial charge in [0.15, 0.2) is 0 Å². The number of aliphatic hydroxyl groups excluding tert-OH is 1. The van der Waals surface area contributed by atoms with Gasteiger partial charge in [-0.3, -0.25) is 4.98 Å². The molecule has 102 valence electrons. The molecule has 1 heterocycles. The molecule has 0 fully saturated rings. The van der Waals surface area contributed by atoms with Crippen LogP contribution in [0.15, 0.2) is 36.5 Å². The minimum absolute atomic E-state index is 0.398. The molecule has 0 radical (unpaired) electrons. The average molecular weight is 271 g/mol. The predicted octanol–water partition coefficient (Wildman–Crippen LogP) is 2.85. The van der Waals surface area contributed by atoms with Gasteiger partial charge in [-0.05, 0) is 23.8 Å². The lowest BCUT2D eigenvalue weighted by molar-refractivity contribution is -0.179. The van der Waals surface area contributed by atoms with Gasteiger partial charge in [-0.15, -0.1) is 0 Å². The summed E-state index contributed by atoms with van der Waals surface area (Å²) < 4.78 is 40.1. The fourth-order valence-corrected chi connectivity index (χ4v) is 1.68. The van der Waals surface area contributed by atoms with E-state index in [4.69, 9.17) is 0 Å². The minimum Gasteiger partial charge on any atom is -0.386 e. The number of halogens is 3. The van der Waals surface area contributed by atoms with Crippen LogP contribution >= 0.6 is 0 Å². The first kappa shape index (κ1) is 13.8. The first-order valence-corrected chi connectivity index (χ1v) is 5.63. The molecule has 0 saturated heterocycles. The molecule has 1 aromatic heterocycles. The summed E-state index contributed by atoms with van der Waals surface area (Å²) in [6.07, 6.45) is -3.83. The third-order valence-electron chi connectivity index (χ3n) is 2.55. The fraction of sp³-hybridized carbons (Fsp3) is 0.308. The van der Waals surface area contributed by atoms with Crippen LogP contribution < -0.4 is 0 Å². The van der Waals surface area contributed by atoms with Crippen LogP contribution in [0.3, 0.4) is 0 Å². The molecule has 0 aliphatic carbocycles. The normalized spacial score (nSPS) is 13.7. The SMILES string of the molecule is OC(COCC(F)(F)F)c1ccc2ncccc2c1. The van der Waals surface area contributed by atoms with Gasteiger partial charge in [-0.2, -0.15) is 13.2 Å². The molecule has 2 rings (SSSR count). The Hall–Kier alpha value is -1.66. The van der Waals surface area contributed by atoms with Crippen LogP contribution in [0, 0.1) is 0 Å². The fourth-order valence-electron chi connectivity index (χ4n) is 1.68. The smallest absolute Gasteiger partial charge is 0.386 e. The van der Waals surface area contributed by atoms with Crippen LogP contribution in [-0.4, -0.2) is 29.5 Å². The summed E-state index contributed by atoms with van der Waals surface area (Å²) in [4.78, 5) is 4.11. The van der Waals surface area contributed by atoms with Crippen LogP contribution in [-0.2, 0) is 4.74 Å². The van der Waals surface area contributed by atoms with Crippen molar-refractivity contribution in [1.82, 2.24) is 4.98 Å². The summed E-state index contributed by atoms with van der Waals surface area (Å²) in [7, 11) is 0. The Morgan fingerprint density at radius 1 is 1.26 bits per heavy atom. The Labute approximate surface area is 107 Å². The monoisotopic (exact) mass is 271 g/mol. The molecule has 6 heteroatoms. The number of nitrogens with zero attached hydrogens (tertiary/aromatic N) is 1. The maximum absolute atomic E-state index is 11.9. The van der Waals surface area contributed by atoms with E-state index < -0.39 is 25.5 Å². The lowest BCUT2D eigenvalue weighted by atomic mass is 10.1. The third kappa shape index (κ3) is 3.90. The predicted molar refractivity (Wildman–Crippen MR) is 63.6 cm³/mol. The molecule has 1 N–H and O–H groups in total. The maximum atomic E-state index is 11.9. The van der Waals surface area contributed by atoms with Gasteiger partial charge >= 0.3 is 6.18 Å². The Balaban J connectivity index is 2.03. The van der Waals surface area contributed by atoms with Crippen molar-refractivity contribution in [1.29, 1.82) is 0 Å². The highest BCUT2D eigenvalue weighted by atomic mass is 19.4. The first-order chi connectivity index (χ1) is 8.96. The zero-order valence-electron chi connectivity index (χ0n) is 9.89. The summed E-state index contributed by atoms with van der Waals surface area (Å²) in [5.74, 6) is 0. The van der Waals surface area contributed by atoms with Gasteiger partial charge in [0.2, 0.25) is 0 Å². The van der Waals surface area contributed by atoms with Crippen molar-refractivity contribution in [2.24, 2.45) is 0 Å². The van der Waals surface area contributed by atoms with E-state index >= 15 is 0 Å². The van der Waals surface area contributed by atoms with E-state index in [1.54, 1.807) is 30.5 Å². The molecule has 0 amide bonds. The second-order valence-corrected chi connectivity index (χ2v) is 4.10. The summed E-state index contributed by atoms with van der Waals surface area (Å²) >= 11 is 0. The molecule has 19 heavy (non-hydrogen) atoms. The van der Waals surface area contributed by atoms with Crippen LogP contribution in [0.2, 0.25) is 0 Å². The number of aliphatic hydroxyl groups is 1. The highest BCUT2D eigenvalue weighted by Crippen LogP contribution is 2.20. The van der Waals surface area contributed by atoms with E-state index in [1.165, 1.54) is 0 Å². The first-order valence-electron chi connectivity index (χ1n) is 5.63. The molecule has 0 aliphatic rings. The molecule has 0 bridgehead atoms. The number of rotatable bonds is 4. The summed E-state index contributed by atoms with van der Waals surface area (Å²) in [5.41, 5.74) is 1.26. The topological polar surface area (TPSA) is 42.4 Å². The maximum Gasteiger partial charge on any atom is 0.411 e. The minimum atomic E-state index is -4.38. The molecule has 0 saturated carbocycles. The molecule has 3 nitrogen and oxygen atoms in total. The summed E-state index contributed by atoms with van der Waals surface area (Å²) in [5, 5.41) is 10.6. The van der Waals surface area contributed by atoms with Crippen LogP contribution in [0.1, 0.15) is 11.7 Å².